The van der Waals surface area contributed by atoms with Crippen LogP contribution in [0.25, 0.3) is 55.3 Å². The van der Waals surface area contributed by atoms with E-state index in [0.29, 0.717) is 10.9 Å². The Morgan fingerprint density at radius 1 is 0.704 bits per heavy atom. The highest BCUT2D eigenvalue weighted by molar-refractivity contribution is 6.39. The van der Waals surface area contributed by atoms with Crippen LogP contribution in [-0.2, 0) is 0 Å². The molecule has 0 N–H and O–H groups in total. The van der Waals surface area contributed by atoms with Crippen molar-refractivity contribution in [2.75, 3.05) is 0 Å². The van der Waals surface area contributed by atoms with Gasteiger partial charge < -0.3 is 8.83 Å². The highest BCUT2D eigenvalue weighted by Crippen LogP contribution is 2.41. The number of benzene rings is 4. The van der Waals surface area contributed by atoms with Crippen molar-refractivity contribution in [1.29, 1.82) is 0 Å². The molecule has 0 aliphatic carbocycles. The van der Waals surface area contributed by atoms with Crippen molar-refractivity contribution in [1.82, 2.24) is 4.98 Å². The number of hydrogen-bond donors (Lipinski definition) is 0. The molecule has 4 heteroatoms. The van der Waals surface area contributed by atoms with Gasteiger partial charge in [0.05, 0.1) is 5.02 Å². The lowest BCUT2D eigenvalue weighted by Gasteiger charge is -2.02. The van der Waals surface area contributed by atoms with Gasteiger partial charge in [0, 0.05) is 27.1 Å². The van der Waals surface area contributed by atoms with E-state index in [1.165, 1.54) is 0 Å². The molecule has 0 saturated heterocycles. The van der Waals surface area contributed by atoms with Gasteiger partial charge in [-0.3, -0.25) is 0 Å². The van der Waals surface area contributed by atoms with Gasteiger partial charge in [0.15, 0.2) is 5.58 Å². The number of halogens is 1. The summed E-state index contributed by atoms with van der Waals surface area (Å²) in [6.07, 6.45) is 0. The van der Waals surface area contributed by atoms with Crippen LogP contribution in [0.1, 0.15) is 0 Å². The maximum absolute atomic E-state index is 6.60. The van der Waals surface area contributed by atoms with Crippen LogP contribution in [0.4, 0.5) is 0 Å². The van der Waals surface area contributed by atoms with Gasteiger partial charge in [-0.05, 0) is 36.4 Å². The van der Waals surface area contributed by atoms with Crippen molar-refractivity contribution >= 4 is 55.4 Å². The molecule has 0 aliphatic heterocycles. The number of oxazole rings is 1. The van der Waals surface area contributed by atoms with Crippen LogP contribution < -0.4 is 0 Å². The molecule has 0 atom stereocenters. The zero-order valence-electron chi connectivity index (χ0n) is 14.1. The average molecular weight is 370 g/mol. The fraction of sp³-hybridized carbons (Fsp3) is 0. The maximum atomic E-state index is 6.60. The predicted octanol–water partition coefficient (Wildman–Crippen LogP) is 7.20. The molecule has 6 aromatic rings. The molecule has 0 amide bonds. The van der Waals surface area contributed by atoms with Gasteiger partial charge in [-0.1, -0.05) is 48.0 Å². The van der Waals surface area contributed by atoms with E-state index in [0.717, 1.165) is 49.4 Å². The van der Waals surface area contributed by atoms with Crippen molar-refractivity contribution in [2.45, 2.75) is 0 Å². The summed E-state index contributed by atoms with van der Waals surface area (Å²) in [7, 11) is 0. The van der Waals surface area contributed by atoms with E-state index < -0.39 is 0 Å². The Balaban J connectivity index is 1.83. The zero-order valence-corrected chi connectivity index (χ0v) is 14.8. The van der Waals surface area contributed by atoms with Gasteiger partial charge in [-0.15, -0.1) is 0 Å². The van der Waals surface area contributed by atoms with E-state index in [1.54, 1.807) is 0 Å². The standard InChI is InChI=1S/C23H12ClNO2/c24-16-12-17-22(27-23(25-17)13-6-2-1-3-7-13)21-14(16)10-11-19-20(21)15-8-4-5-9-18(15)26-19/h1-12H. The molecule has 4 aromatic carbocycles. The normalized spacial score (nSPS) is 11.9. The molecule has 128 valence electrons. The molecule has 0 unspecified atom stereocenters. The van der Waals surface area contributed by atoms with Gasteiger partial charge in [0.25, 0.3) is 0 Å². The van der Waals surface area contributed by atoms with E-state index in [2.05, 4.69) is 11.1 Å². The van der Waals surface area contributed by atoms with Gasteiger partial charge in [-0.2, -0.15) is 0 Å². The molecule has 3 nitrogen and oxygen atoms in total. The lowest BCUT2D eigenvalue weighted by molar-refractivity contribution is 0.623. The molecule has 0 fully saturated rings. The first-order valence-electron chi connectivity index (χ1n) is 8.68. The molecular weight excluding hydrogens is 358 g/mol. The summed E-state index contributed by atoms with van der Waals surface area (Å²) in [5.74, 6) is 0.582. The third-order valence-corrected chi connectivity index (χ3v) is 5.28. The quantitative estimate of drug-likeness (QED) is 0.307. The van der Waals surface area contributed by atoms with Crippen molar-refractivity contribution < 1.29 is 8.83 Å². The molecule has 2 aromatic heterocycles. The molecule has 6 rings (SSSR count). The smallest absolute Gasteiger partial charge is 0.227 e. The lowest BCUT2D eigenvalue weighted by Crippen LogP contribution is -1.79. The largest absolute Gasteiger partial charge is 0.456 e. The molecule has 0 aliphatic rings. The lowest BCUT2D eigenvalue weighted by atomic mass is 10.0. The summed E-state index contributed by atoms with van der Waals surface area (Å²) in [5, 5.41) is 4.57. The van der Waals surface area contributed by atoms with Crippen LogP contribution in [0.3, 0.4) is 0 Å². The number of aromatic nitrogens is 1. The van der Waals surface area contributed by atoms with Crippen LogP contribution in [0, 0.1) is 0 Å². The predicted molar refractivity (Wildman–Crippen MR) is 109 cm³/mol. The first-order chi connectivity index (χ1) is 13.3. The number of hydrogen-bond acceptors (Lipinski definition) is 3. The zero-order chi connectivity index (χ0) is 18.0. The van der Waals surface area contributed by atoms with Crippen molar-refractivity contribution in [3.05, 3.63) is 77.8 Å². The summed E-state index contributed by atoms with van der Waals surface area (Å²) < 4.78 is 12.3. The van der Waals surface area contributed by atoms with Crippen LogP contribution in [-0.4, -0.2) is 4.98 Å². The monoisotopic (exact) mass is 369 g/mol. The second-order valence-corrected chi connectivity index (χ2v) is 6.96. The highest BCUT2D eigenvalue weighted by Gasteiger charge is 2.18. The van der Waals surface area contributed by atoms with Crippen LogP contribution >= 0.6 is 11.6 Å². The van der Waals surface area contributed by atoms with Crippen molar-refractivity contribution in [3.8, 4) is 11.5 Å². The van der Waals surface area contributed by atoms with Crippen LogP contribution in [0.2, 0.25) is 5.02 Å². The number of nitrogens with zero attached hydrogens (tertiary/aromatic N) is 1. The Kier molecular flexibility index (Phi) is 2.94. The van der Waals surface area contributed by atoms with Crippen LogP contribution in [0.5, 0.6) is 0 Å². The Bertz CT molecular complexity index is 1480. The molecular formula is C23H12ClNO2. The summed E-state index contributed by atoms with van der Waals surface area (Å²) in [4.78, 5) is 4.68. The van der Waals surface area contributed by atoms with E-state index in [1.807, 2.05) is 66.7 Å². The summed E-state index contributed by atoms with van der Waals surface area (Å²) in [6, 6.07) is 23.7. The van der Waals surface area contributed by atoms with Crippen molar-refractivity contribution in [3.63, 3.8) is 0 Å². The third kappa shape index (κ3) is 2.06. The molecule has 0 saturated carbocycles. The molecule has 2 heterocycles. The third-order valence-electron chi connectivity index (χ3n) is 4.97. The first kappa shape index (κ1) is 14.8. The fourth-order valence-electron chi connectivity index (χ4n) is 3.76. The second-order valence-electron chi connectivity index (χ2n) is 6.55. The minimum Gasteiger partial charge on any atom is -0.456 e. The summed E-state index contributed by atoms with van der Waals surface area (Å²) >= 11 is 6.60. The van der Waals surface area contributed by atoms with E-state index in [9.17, 15) is 0 Å². The highest BCUT2D eigenvalue weighted by atomic mass is 35.5. The van der Waals surface area contributed by atoms with Crippen LogP contribution in [0.15, 0.2) is 81.6 Å². The average Bonchev–Trinajstić information content (AvgIpc) is 3.29. The summed E-state index contributed by atoms with van der Waals surface area (Å²) in [6.45, 7) is 0. The second kappa shape index (κ2) is 5.35. The fourth-order valence-corrected chi connectivity index (χ4v) is 4.02. The van der Waals surface area contributed by atoms with Gasteiger partial charge in [0.2, 0.25) is 5.89 Å². The number of fused-ring (bicyclic) bond motifs is 7. The molecule has 27 heavy (non-hydrogen) atoms. The SMILES string of the molecule is Clc1cc2nc(-c3ccccc3)oc2c2c1ccc1oc3ccccc3c12. The number of rotatable bonds is 1. The topological polar surface area (TPSA) is 39.2 Å². The Hall–Kier alpha value is -3.30. The maximum Gasteiger partial charge on any atom is 0.227 e. The van der Waals surface area contributed by atoms with E-state index >= 15 is 0 Å². The number of furan rings is 1. The van der Waals surface area contributed by atoms with E-state index in [-0.39, 0.29) is 0 Å². The Morgan fingerprint density at radius 2 is 1.52 bits per heavy atom. The minimum absolute atomic E-state index is 0.582. The summed E-state index contributed by atoms with van der Waals surface area (Å²) in [5.41, 5.74) is 4.05. The van der Waals surface area contributed by atoms with Crippen molar-refractivity contribution in [2.24, 2.45) is 0 Å². The minimum atomic E-state index is 0.582. The molecule has 0 radical (unpaired) electrons. The van der Waals surface area contributed by atoms with Gasteiger partial charge >= 0.3 is 0 Å². The Morgan fingerprint density at radius 3 is 2.41 bits per heavy atom. The Labute approximate surface area is 158 Å². The van der Waals surface area contributed by atoms with Gasteiger partial charge in [0.1, 0.15) is 16.7 Å². The first-order valence-corrected chi connectivity index (χ1v) is 9.06. The molecule has 0 spiro atoms. The van der Waals surface area contributed by atoms with E-state index in [4.69, 9.17) is 20.4 Å². The number of para-hydroxylation sites is 1. The van der Waals surface area contributed by atoms with Gasteiger partial charge in [-0.25, -0.2) is 4.98 Å². The molecule has 0 bridgehead atoms.